The summed E-state index contributed by atoms with van der Waals surface area (Å²) in [6, 6.07) is 7.16. The highest BCUT2D eigenvalue weighted by atomic mass is 32.1. The largest absolute Gasteiger partial charge is 0.339 e. The number of hydrogen-bond acceptors (Lipinski definition) is 3. The predicted octanol–water partition coefficient (Wildman–Crippen LogP) is 3.17. The quantitative estimate of drug-likeness (QED) is 0.751. The summed E-state index contributed by atoms with van der Waals surface area (Å²) in [5.74, 6) is -0.132. The molecule has 0 aliphatic heterocycles. The number of nitrogens with zero attached hydrogens (tertiary/aromatic N) is 1. The summed E-state index contributed by atoms with van der Waals surface area (Å²) >= 11 is 5.08. The van der Waals surface area contributed by atoms with Gasteiger partial charge in [-0.3, -0.25) is 9.59 Å². The van der Waals surface area contributed by atoms with Crippen molar-refractivity contribution in [2.75, 3.05) is 18.4 Å². The summed E-state index contributed by atoms with van der Waals surface area (Å²) in [4.78, 5) is 25.8. The Labute approximate surface area is 143 Å². The first-order valence-corrected chi connectivity index (χ1v) is 8.42. The van der Waals surface area contributed by atoms with Crippen LogP contribution in [0.25, 0.3) is 0 Å². The van der Waals surface area contributed by atoms with Crippen LogP contribution < -0.4 is 10.6 Å². The van der Waals surface area contributed by atoms with Crippen LogP contribution in [0.2, 0.25) is 0 Å². The lowest BCUT2D eigenvalue weighted by molar-refractivity contribution is -0.119. The second-order valence-corrected chi connectivity index (χ2v) is 5.64. The molecule has 0 aliphatic carbocycles. The van der Waals surface area contributed by atoms with E-state index in [2.05, 4.69) is 24.5 Å². The number of amides is 2. The van der Waals surface area contributed by atoms with Crippen LogP contribution in [0.15, 0.2) is 24.3 Å². The summed E-state index contributed by atoms with van der Waals surface area (Å²) in [6.07, 6.45) is 2.22. The molecule has 126 valence electrons. The maximum Gasteiger partial charge on any atom is 0.253 e. The van der Waals surface area contributed by atoms with Gasteiger partial charge in [0, 0.05) is 30.8 Å². The van der Waals surface area contributed by atoms with E-state index in [1.807, 2.05) is 11.0 Å². The van der Waals surface area contributed by atoms with Crippen molar-refractivity contribution in [3.8, 4) is 0 Å². The van der Waals surface area contributed by atoms with Crippen molar-refractivity contribution in [2.24, 2.45) is 0 Å². The van der Waals surface area contributed by atoms with E-state index in [4.69, 9.17) is 12.2 Å². The predicted molar refractivity (Wildman–Crippen MR) is 97.6 cm³/mol. The molecule has 0 radical (unpaired) electrons. The zero-order chi connectivity index (χ0) is 17.2. The molecule has 0 saturated carbocycles. The normalized spacial score (nSPS) is 10.0. The highest BCUT2D eigenvalue weighted by molar-refractivity contribution is 7.80. The maximum atomic E-state index is 12.6. The molecule has 0 bridgehead atoms. The molecule has 6 heteroatoms. The molecule has 0 atom stereocenters. The molecule has 0 fully saturated rings. The maximum absolute atomic E-state index is 12.6. The second kappa shape index (κ2) is 9.94. The number of carbonyl (C=O) groups excluding carboxylic acids is 2. The molecule has 1 rings (SSSR count). The van der Waals surface area contributed by atoms with Crippen LogP contribution in [0, 0.1) is 0 Å². The van der Waals surface area contributed by atoms with E-state index in [1.165, 1.54) is 0 Å². The van der Waals surface area contributed by atoms with Gasteiger partial charge in [0.05, 0.1) is 0 Å². The lowest BCUT2D eigenvalue weighted by atomic mass is 10.1. The third kappa shape index (κ3) is 6.36. The van der Waals surface area contributed by atoms with E-state index in [0.717, 1.165) is 25.9 Å². The number of anilines is 1. The number of hydrogen-bond donors (Lipinski definition) is 2. The van der Waals surface area contributed by atoms with Gasteiger partial charge in [-0.15, -0.1) is 0 Å². The minimum absolute atomic E-state index is 0.0147. The topological polar surface area (TPSA) is 61.4 Å². The van der Waals surface area contributed by atoms with Gasteiger partial charge in [0.2, 0.25) is 5.91 Å². The van der Waals surface area contributed by atoms with Crippen LogP contribution in [-0.4, -0.2) is 34.9 Å². The van der Waals surface area contributed by atoms with Gasteiger partial charge >= 0.3 is 0 Å². The zero-order valence-corrected chi connectivity index (χ0v) is 14.8. The van der Waals surface area contributed by atoms with Gasteiger partial charge in [-0.25, -0.2) is 0 Å². The van der Waals surface area contributed by atoms with Gasteiger partial charge in [0.25, 0.3) is 5.91 Å². The third-order valence-corrected chi connectivity index (χ3v) is 3.42. The Hall–Kier alpha value is -1.95. The molecule has 1 aromatic rings. The highest BCUT2D eigenvalue weighted by Crippen LogP contribution is 2.13. The fourth-order valence-corrected chi connectivity index (χ4v) is 2.38. The standard InChI is InChI=1S/C17H25N3O2S/c1-4-10-20(11-5-2)16(22)13-8-7-9-14(12-13)18-17(23)19-15(21)6-3/h7-9,12H,4-6,10-11H2,1-3H3,(H2,18,19,21,23). The van der Waals surface area contributed by atoms with Gasteiger partial charge in [-0.1, -0.05) is 26.8 Å². The molecule has 0 saturated heterocycles. The van der Waals surface area contributed by atoms with Crippen LogP contribution in [-0.2, 0) is 4.79 Å². The molecule has 0 unspecified atom stereocenters. The average molecular weight is 335 g/mol. The summed E-state index contributed by atoms with van der Waals surface area (Å²) in [5.41, 5.74) is 1.30. The number of thiocarbonyl (C=S) groups is 1. The van der Waals surface area contributed by atoms with Crippen LogP contribution in [0.1, 0.15) is 50.4 Å². The van der Waals surface area contributed by atoms with Gasteiger partial charge < -0.3 is 15.5 Å². The lowest BCUT2D eigenvalue weighted by Crippen LogP contribution is -2.34. The third-order valence-electron chi connectivity index (χ3n) is 3.22. The number of nitrogens with one attached hydrogen (secondary N) is 2. The van der Waals surface area contributed by atoms with Crippen LogP contribution in [0.5, 0.6) is 0 Å². The number of benzene rings is 1. The first kappa shape index (κ1) is 19.1. The Bertz CT molecular complexity index is 555. The van der Waals surface area contributed by atoms with Crippen molar-refractivity contribution in [3.05, 3.63) is 29.8 Å². The van der Waals surface area contributed by atoms with Gasteiger partial charge in [0.1, 0.15) is 0 Å². The lowest BCUT2D eigenvalue weighted by Gasteiger charge is -2.21. The Balaban J connectivity index is 2.80. The molecule has 0 aliphatic rings. The number of carbonyl (C=O) groups is 2. The smallest absolute Gasteiger partial charge is 0.253 e. The molecule has 5 nitrogen and oxygen atoms in total. The first-order chi connectivity index (χ1) is 11.0. The summed E-state index contributed by atoms with van der Waals surface area (Å²) in [7, 11) is 0. The van der Waals surface area contributed by atoms with Crippen molar-refractivity contribution >= 4 is 34.8 Å². The van der Waals surface area contributed by atoms with Crippen LogP contribution >= 0.6 is 12.2 Å². The molecule has 0 spiro atoms. The highest BCUT2D eigenvalue weighted by Gasteiger charge is 2.14. The Morgan fingerprint density at radius 1 is 1.13 bits per heavy atom. The summed E-state index contributed by atoms with van der Waals surface area (Å²) in [5, 5.41) is 5.75. The SMILES string of the molecule is CCCN(CCC)C(=O)c1cccc(NC(=S)NC(=O)CC)c1. The van der Waals surface area contributed by atoms with E-state index >= 15 is 0 Å². The first-order valence-electron chi connectivity index (χ1n) is 8.01. The Morgan fingerprint density at radius 3 is 2.35 bits per heavy atom. The van der Waals surface area contributed by atoms with Crippen LogP contribution in [0.4, 0.5) is 5.69 Å². The van der Waals surface area contributed by atoms with Gasteiger partial charge in [0.15, 0.2) is 5.11 Å². The van der Waals surface area contributed by atoms with E-state index in [-0.39, 0.29) is 16.9 Å². The molecule has 23 heavy (non-hydrogen) atoms. The van der Waals surface area contributed by atoms with Crippen molar-refractivity contribution in [3.63, 3.8) is 0 Å². The summed E-state index contributed by atoms with van der Waals surface area (Å²) in [6.45, 7) is 7.36. The summed E-state index contributed by atoms with van der Waals surface area (Å²) < 4.78 is 0. The van der Waals surface area contributed by atoms with Gasteiger partial charge in [-0.2, -0.15) is 0 Å². The minimum Gasteiger partial charge on any atom is -0.339 e. The monoisotopic (exact) mass is 335 g/mol. The van der Waals surface area contributed by atoms with Crippen LogP contribution in [0.3, 0.4) is 0 Å². The van der Waals surface area contributed by atoms with E-state index in [0.29, 0.717) is 17.7 Å². The van der Waals surface area contributed by atoms with E-state index in [1.54, 1.807) is 25.1 Å². The molecule has 1 aromatic carbocycles. The van der Waals surface area contributed by atoms with E-state index in [9.17, 15) is 9.59 Å². The van der Waals surface area contributed by atoms with E-state index < -0.39 is 0 Å². The number of rotatable bonds is 7. The van der Waals surface area contributed by atoms with Crippen molar-refractivity contribution < 1.29 is 9.59 Å². The molecule has 0 heterocycles. The van der Waals surface area contributed by atoms with Crippen molar-refractivity contribution in [2.45, 2.75) is 40.0 Å². The van der Waals surface area contributed by atoms with Crippen molar-refractivity contribution in [1.82, 2.24) is 10.2 Å². The zero-order valence-electron chi connectivity index (χ0n) is 14.0. The molecule has 2 N–H and O–H groups in total. The molecule has 2 amide bonds. The molecule has 0 aromatic heterocycles. The fourth-order valence-electron chi connectivity index (χ4n) is 2.14. The average Bonchev–Trinajstić information content (AvgIpc) is 2.54. The second-order valence-electron chi connectivity index (χ2n) is 5.23. The molecular weight excluding hydrogens is 310 g/mol. The fraction of sp³-hybridized carbons (Fsp3) is 0.471. The Morgan fingerprint density at radius 2 is 1.78 bits per heavy atom. The molecular formula is C17H25N3O2S. The minimum atomic E-state index is -0.146. The van der Waals surface area contributed by atoms with Gasteiger partial charge in [-0.05, 0) is 43.3 Å². The Kier molecular flexibility index (Phi) is 8.26. The van der Waals surface area contributed by atoms with Crippen molar-refractivity contribution in [1.29, 1.82) is 0 Å².